The van der Waals surface area contributed by atoms with Gasteiger partial charge >= 0.3 is 0 Å². The molecule has 0 atom stereocenters. The predicted molar refractivity (Wildman–Crippen MR) is 97.7 cm³/mol. The van der Waals surface area contributed by atoms with Crippen LogP contribution in [0.4, 0.5) is 0 Å². The molecule has 7 heteroatoms. The molecule has 1 aromatic carbocycles. The standard InChI is InChI=1S/C17H23N3O2S2/c1-13-12-23-17(19-13)15-4-3-5-16(10-15)24(21,22)20-8-6-14(7-9-20)11-18-2/h3-5,10,12,14,18H,6-9,11H2,1-2H3. The van der Waals surface area contributed by atoms with E-state index < -0.39 is 10.0 Å². The largest absolute Gasteiger partial charge is 0.319 e. The molecule has 24 heavy (non-hydrogen) atoms. The highest BCUT2D eigenvalue weighted by Gasteiger charge is 2.29. The molecule has 2 heterocycles. The molecule has 0 bridgehead atoms. The van der Waals surface area contributed by atoms with Crippen LogP contribution in [0.5, 0.6) is 0 Å². The van der Waals surface area contributed by atoms with Gasteiger partial charge in [0.05, 0.1) is 4.90 Å². The van der Waals surface area contributed by atoms with Gasteiger partial charge < -0.3 is 5.32 Å². The SMILES string of the molecule is CNCC1CCN(S(=O)(=O)c2cccc(-c3nc(C)cs3)c2)CC1. The fourth-order valence-corrected chi connectivity index (χ4v) is 5.38. The van der Waals surface area contributed by atoms with Gasteiger partial charge in [0.15, 0.2) is 0 Å². The summed E-state index contributed by atoms with van der Waals surface area (Å²) in [4.78, 5) is 4.81. The Hall–Kier alpha value is -1.28. The van der Waals surface area contributed by atoms with E-state index in [0.717, 1.165) is 35.7 Å². The van der Waals surface area contributed by atoms with E-state index in [9.17, 15) is 8.42 Å². The van der Waals surface area contributed by atoms with Crippen molar-refractivity contribution in [3.05, 3.63) is 35.3 Å². The number of thiazole rings is 1. The second-order valence-electron chi connectivity index (χ2n) is 6.23. The molecule has 0 saturated carbocycles. The van der Waals surface area contributed by atoms with Crippen LogP contribution < -0.4 is 5.32 Å². The molecule has 3 rings (SSSR count). The van der Waals surface area contributed by atoms with Crippen LogP contribution in [0.1, 0.15) is 18.5 Å². The van der Waals surface area contributed by atoms with Gasteiger partial charge in [-0.2, -0.15) is 4.31 Å². The number of rotatable bonds is 5. The molecule has 1 aliphatic heterocycles. The first kappa shape index (κ1) is 17.5. The fraction of sp³-hybridized carbons (Fsp3) is 0.471. The summed E-state index contributed by atoms with van der Waals surface area (Å²) in [5, 5.41) is 6.01. The number of hydrogen-bond donors (Lipinski definition) is 1. The minimum absolute atomic E-state index is 0.361. The highest BCUT2D eigenvalue weighted by atomic mass is 32.2. The summed E-state index contributed by atoms with van der Waals surface area (Å²) >= 11 is 1.54. The van der Waals surface area contributed by atoms with Crippen LogP contribution in [0.15, 0.2) is 34.5 Å². The number of nitrogens with one attached hydrogen (secondary N) is 1. The molecule has 1 aromatic heterocycles. The maximum atomic E-state index is 12.9. The second-order valence-corrected chi connectivity index (χ2v) is 9.02. The maximum absolute atomic E-state index is 12.9. The van der Waals surface area contributed by atoms with E-state index in [4.69, 9.17) is 0 Å². The normalized spacial score (nSPS) is 17.2. The maximum Gasteiger partial charge on any atom is 0.243 e. The first-order chi connectivity index (χ1) is 11.5. The average Bonchev–Trinajstić information content (AvgIpc) is 3.02. The molecular formula is C17H23N3O2S2. The summed E-state index contributed by atoms with van der Waals surface area (Å²) in [6.45, 7) is 4.08. The van der Waals surface area contributed by atoms with Crippen molar-refractivity contribution < 1.29 is 8.42 Å². The van der Waals surface area contributed by atoms with E-state index in [1.54, 1.807) is 22.5 Å². The van der Waals surface area contributed by atoms with Crippen LogP contribution in [0.3, 0.4) is 0 Å². The minimum Gasteiger partial charge on any atom is -0.319 e. The lowest BCUT2D eigenvalue weighted by Gasteiger charge is -2.31. The molecule has 0 radical (unpaired) electrons. The van der Waals surface area contributed by atoms with Crippen molar-refractivity contribution in [3.8, 4) is 10.6 Å². The third kappa shape index (κ3) is 3.69. The Labute approximate surface area is 147 Å². The zero-order chi connectivity index (χ0) is 17.2. The quantitative estimate of drug-likeness (QED) is 0.885. The van der Waals surface area contributed by atoms with Crippen molar-refractivity contribution in [2.45, 2.75) is 24.7 Å². The average molecular weight is 366 g/mol. The second kappa shape index (κ2) is 7.31. The molecular weight excluding hydrogens is 342 g/mol. The van der Waals surface area contributed by atoms with E-state index >= 15 is 0 Å². The lowest BCUT2D eigenvalue weighted by Crippen LogP contribution is -2.40. The Morgan fingerprint density at radius 1 is 1.33 bits per heavy atom. The molecule has 5 nitrogen and oxygen atoms in total. The zero-order valence-electron chi connectivity index (χ0n) is 14.0. The summed E-state index contributed by atoms with van der Waals surface area (Å²) in [5.74, 6) is 0.561. The fourth-order valence-electron chi connectivity index (χ4n) is 3.07. The van der Waals surface area contributed by atoms with Crippen molar-refractivity contribution in [2.75, 3.05) is 26.7 Å². The summed E-state index contributed by atoms with van der Waals surface area (Å²) in [6, 6.07) is 7.13. The van der Waals surface area contributed by atoms with Crippen molar-refractivity contribution >= 4 is 21.4 Å². The number of nitrogens with zero attached hydrogens (tertiary/aromatic N) is 2. The Balaban J connectivity index is 1.80. The van der Waals surface area contributed by atoms with E-state index in [-0.39, 0.29) is 0 Å². The smallest absolute Gasteiger partial charge is 0.243 e. The van der Waals surface area contributed by atoms with Crippen molar-refractivity contribution in [3.63, 3.8) is 0 Å². The Kier molecular flexibility index (Phi) is 5.34. The Morgan fingerprint density at radius 3 is 2.71 bits per heavy atom. The first-order valence-corrected chi connectivity index (χ1v) is 10.5. The highest BCUT2D eigenvalue weighted by molar-refractivity contribution is 7.89. The van der Waals surface area contributed by atoms with Gasteiger partial charge in [-0.3, -0.25) is 0 Å². The van der Waals surface area contributed by atoms with Crippen LogP contribution in [0.25, 0.3) is 10.6 Å². The van der Waals surface area contributed by atoms with Gasteiger partial charge in [0.2, 0.25) is 10.0 Å². The van der Waals surface area contributed by atoms with Gasteiger partial charge in [0.1, 0.15) is 5.01 Å². The van der Waals surface area contributed by atoms with Crippen LogP contribution >= 0.6 is 11.3 Å². The zero-order valence-corrected chi connectivity index (χ0v) is 15.7. The first-order valence-electron chi connectivity index (χ1n) is 8.18. The molecule has 1 aliphatic rings. The van der Waals surface area contributed by atoms with Gasteiger partial charge in [-0.25, -0.2) is 13.4 Å². The topological polar surface area (TPSA) is 62.3 Å². The molecule has 1 fully saturated rings. The molecule has 0 aliphatic carbocycles. The van der Waals surface area contributed by atoms with E-state index in [2.05, 4.69) is 10.3 Å². The summed E-state index contributed by atoms with van der Waals surface area (Å²) in [7, 11) is -1.49. The molecule has 0 unspecified atom stereocenters. The summed E-state index contributed by atoms with van der Waals surface area (Å²) in [6.07, 6.45) is 1.82. The number of sulfonamides is 1. The summed E-state index contributed by atoms with van der Waals surface area (Å²) < 4.78 is 27.5. The molecule has 0 spiro atoms. The van der Waals surface area contributed by atoms with E-state index in [1.807, 2.05) is 25.4 Å². The lowest BCUT2D eigenvalue weighted by molar-refractivity contribution is 0.270. The number of benzene rings is 1. The Morgan fingerprint density at radius 2 is 2.08 bits per heavy atom. The lowest BCUT2D eigenvalue weighted by atomic mass is 9.98. The van der Waals surface area contributed by atoms with E-state index in [1.165, 1.54) is 11.3 Å². The van der Waals surface area contributed by atoms with Gasteiger partial charge in [-0.1, -0.05) is 12.1 Å². The molecule has 2 aromatic rings. The third-order valence-corrected chi connectivity index (χ3v) is 7.31. The number of aromatic nitrogens is 1. The van der Waals surface area contributed by atoms with E-state index in [0.29, 0.717) is 23.9 Å². The molecule has 1 N–H and O–H groups in total. The number of aryl methyl sites for hydroxylation is 1. The van der Waals surface area contributed by atoms with Crippen molar-refractivity contribution in [1.29, 1.82) is 0 Å². The van der Waals surface area contributed by atoms with Crippen LogP contribution in [-0.4, -0.2) is 44.4 Å². The van der Waals surface area contributed by atoms with Crippen LogP contribution in [0, 0.1) is 12.8 Å². The Bertz CT molecular complexity index is 794. The van der Waals surface area contributed by atoms with Crippen LogP contribution in [-0.2, 0) is 10.0 Å². The molecule has 130 valence electrons. The number of hydrogen-bond acceptors (Lipinski definition) is 5. The molecule has 0 amide bonds. The van der Waals surface area contributed by atoms with Gasteiger partial charge in [0.25, 0.3) is 0 Å². The number of piperidine rings is 1. The van der Waals surface area contributed by atoms with Gasteiger partial charge in [-0.05, 0) is 51.4 Å². The van der Waals surface area contributed by atoms with Gasteiger partial charge in [0, 0.05) is 29.7 Å². The third-order valence-electron chi connectivity index (χ3n) is 4.40. The molecule has 1 saturated heterocycles. The van der Waals surface area contributed by atoms with Crippen molar-refractivity contribution in [2.24, 2.45) is 5.92 Å². The van der Waals surface area contributed by atoms with Gasteiger partial charge in [-0.15, -0.1) is 11.3 Å². The predicted octanol–water partition coefficient (Wildman–Crippen LogP) is 2.74. The highest BCUT2D eigenvalue weighted by Crippen LogP contribution is 2.28. The summed E-state index contributed by atoms with van der Waals surface area (Å²) in [5.41, 5.74) is 1.81. The minimum atomic E-state index is -3.43. The van der Waals surface area contributed by atoms with Crippen molar-refractivity contribution in [1.82, 2.24) is 14.6 Å². The monoisotopic (exact) mass is 365 g/mol. The van der Waals surface area contributed by atoms with Crippen LogP contribution in [0.2, 0.25) is 0 Å².